The number of hydrogen-bond acceptors (Lipinski definition) is 3. The number of carbonyl (C=O) groups is 2. The molecule has 4 nitrogen and oxygen atoms in total. The van der Waals surface area contributed by atoms with E-state index in [0.29, 0.717) is 6.54 Å². The molecule has 1 amide bonds. The number of nitrogens with zero attached hydrogens (tertiary/aromatic N) is 1. The molecule has 0 fully saturated rings. The van der Waals surface area contributed by atoms with E-state index in [2.05, 4.69) is 10.3 Å². The minimum absolute atomic E-state index is 0.0563. The summed E-state index contributed by atoms with van der Waals surface area (Å²) in [5, 5.41) is 2.65. The summed E-state index contributed by atoms with van der Waals surface area (Å²) in [4.78, 5) is 25.9. The van der Waals surface area contributed by atoms with Crippen LogP contribution in [0, 0.1) is 6.92 Å². The van der Waals surface area contributed by atoms with E-state index < -0.39 is 0 Å². The molecule has 0 saturated heterocycles. The zero-order valence-corrected chi connectivity index (χ0v) is 8.91. The summed E-state index contributed by atoms with van der Waals surface area (Å²) < 4.78 is 0. The number of rotatable bonds is 4. The van der Waals surface area contributed by atoms with Gasteiger partial charge in [-0.25, -0.2) is 0 Å². The fourth-order valence-electron chi connectivity index (χ4n) is 1.09. The largest absolute Gasteiger partial charge is 0.352 e. The molecule has 0 aromatic carbocycles. The van der Waals surface area contributed by atoms with Crippen molar-refractivity contribution < 1.29 is 9.59 Å². The highest BCUT2D eigenvalue weighted by atomic mass is 16.2. The molecule has 0 saturated carbocycles. The Hall–Kier alpha value is -1.71. The van der Waals surface area contributed by atoms with Crippen molar-refractivity contribution in [3.05, 3.63) is 29.6 Å². The highest BCUT2D eigenvalue weighted by Crippen LogP contribution is 1.98. The van der Waals surface area contributed by atoms with Crippen LogP contribution in [-0.2, 0) is 16.1 Å². The Labute approximate surface area is 88.7 Å². The summed E-state index contributed by atoms with van der Waals surface area (Å²) in [5.41, 5.74) is 1.87. The summed E-state index contributed by atoms with van der Waals surface area (Å²) >= 11 is 0. The molecule has 0 radical (unpaired) electrons. The third-order valence-electron chi connectivity index (χ3n) is 1.87. The lowest BCUT2D eigenvalue weighted by Gasteiger charge is -2.03. The van der Waals surface area contributed by atoms with Crippen molar-refractivity contribution in [2.75, 3.05) is 0 Å². The maximum atomic E-state index is 11.1. The summed E-state index contributed by atoms with van der Waals surface area (Å²) in [6.45, 7) is 3.71. The Bertz CT molecular complexity index is 357. The zero-order valence-electron chi connectivity index (χ0n) is 8.91. The van der Waals surface area contributed by atoms with Gasteiger partial charge in [-0.1, -0.05) is 6.07 Å². The van der Waals surface area contributed by atoms with Crippen LogP contribution in [0.1, 0.15) is 24.6 Å². The molecule has 1 aromatic rings. The molecule has 1 aromatic heterocycles. The van der Waals surface area contributed by atoms with Gasteiger partial charge in [-0.05, 0) is 25.5 Å². The number of aryl methyl sites for hydroxylation is 1. The lowest BCUT2D eigenvalue weighted by molar-refractivity contribution is -0.127. The maximum Gasteiger partial charge on any atom is 0.227 e. The van der Waals surface area contributed by atoms with Crippen LogP contribution in [0.2, 0.25) is 0 Å². The standard InChI is InChI=1S/C11H14N2O2/c1-8-3-4-10(6-12-8)7-13-11(15)5-9(2)14/h3-4,6H,5,7H2,1-2H3,(H,13,15). The van der Waals surface area contributed by atoms with E-state index in [1.165, 1.54) is 6.92 Å². The van der Waals surface area contributed by atoms with Crippen LogP contribution in [0.3, 0.4) is 0 Å². The number of pyridine rings is 1. The van der Waals surface area contributed by atoms with E-state index in [1.807, 2.05) is 19.1 Å². The van der Waals surface area contributed by atoms with Crippen LogP contribution < -0.4 is 5.32 Å². The van der Waals surface area contributed by atoms with E-state index in [0.717, 1.165) is 11.3 Å². The number of amides is 1. The van der Waals surface area contributed by atoms with E-state index in [1.54, 1.807) is 6.20 Å². The monoisotopic (exact) mass is 206 g/mol. The number of ketones is 1. The van der Waals surface area contributed by atoms with Crippen molar-refractivity contribution in [1.82, 2.24) is 10.3 Å². The van der Waals surface area contributed by atoms with Crippen molar-refractivity contribution in [2.24, 2.45) is 0 Å². The molecule has 0 bridgehead atoms. The molecular formula is C11H14N2O2. The van der Waals surface area contributed by atoms with Crippen LogP contribution in [0.5, 0.6) is 0 Å². The fraction of sp³-hybridized carbons (Fsp3) is 0.364. The van der Waals surface area contributed by atoms with Gasteiger partial charge in [-0.3, -0.25) is 14.6 Å². The van der Waals surface area contributed by atoms with Gasteiger partial charge < -0.3 is 5.32 Å². The average molecular weight is 206 g/mol. The Morgan fingerprint density at radius 2 is 2.13 bits per heavy atom. The minimum atomic E-state index is -0.247. The van der Waals surface area contributed by atoms with Gasteiger partial charge >= 0.3 is 0 Å². The van der Waals surface area contributed by atoms with Crippen molar-refractivity contribution >= 4 is 11.7 Å². The Kier molecular flexibility index (Phi) is 3.97. The Balaban J connectivity index is 2.40. The fourth-order valence-corrected chi connectivity index (χ4v) is 1.09. The van der Waals surface area contributed by atoms with Gasteiger partial charge in [0.05, 0.1) is 6.42 Å². The smallest absolute Gasteiger partial charge is 0.227 e. The van der Waals surface area contributed by atoms with Gasteiger partial charge in [0.1, 0.15) is 5.78 Å². The number of aromatic nitrogens is 1. The molecule has 1 heterocycles. The highest BCUT2D eigenvalue weighted by Gasteiger charge is 2.04. The van der Waals surface area contributed by atoms with Gasteiger partial charge in [-0.2, -0.15) is 0 Å². The second kappa shape index (κ2) is 5.24. The maximum absolute atomic E-state index is 11.1. The number of nitrogens with one attached hydrogen (secondary N) is 1. The van der Waals surface area contributed by atoms with Gasteiger partial charge in [0.2, 0.25) is 5.91 Å². The number of carbonyl (C=O) groups excluding carboxylic acids is 2. The molecule has 15 heavy (non-hydrogen) atoms. The first-order chi connectivity index (χ1) is 7.08. The van der Waals surface area contributed by atoms with Crippen molar-refractivity contribution in [2.45, 2.75) is 26.8 Å². The van der Waals surface area contributed by atoms with Crippen molar-refractivity contribution in [3.8, 4) is 0 Å². The minimum Gasteiger partial charge on any atom is -0.352 e. The predicted molar refractivity (Wildman–Crippen MR) is 56.1 cm³/mol. The Morgan fingerprint density at radius 1 is 1.40 bits per heavy atom. The molecule has 1 rings (SSSR count). The molecule has 0 aliphatic carbocycles. The Morgan fingerprint density at radius 3 is 2.67 bits per heavy atom. The second-order valence-electron chi connectivity index (χ2n) is 3.46. The van der Waals surface area contributed by atoms with Gasteiger partial charge in [0.25, 0.3) is 0 Å². The summed E-state index contributed by atoms with van der Waals surface area (Å²) in [6, 6.07) is 3.78. The molecule has 0 spiro atoms. The van der Waals surface area contributed by atoms with E-state index >= 15 is 0 Å². The molecule has 0 atom stereocenters. The second-order valence-corrected chi connectivity index (χ2v) is 3.46. The molecule has 0 aliphatic heterocycles. The van der Waals surface area contributed by atoms with Crippen LogP contribution in [0.25, 0.3) is 0 Å². The summed E-state index contributed by atoms with van der Waals surface area (Å²) in [7, 11) is 0. The molecular weight excluding hydrogens is 192 g/mol. The molecule has 80 valence electrons. The average Bonchev–Trinajstić information content (AvgIpc) is 2.16. The van der Waals surface area contributed by atoms with Crippen LogP contribution in [0.4, 0.5) is 0 Å². The van der Waals surface area contributed by atoms with Gasteiger partial charge in [0, 0.05) is 18.4 Å². The van der Waals surface area contributed by atoms with Gasteiger partial charge in [0.15, 0.2) is 0 Å². The topological polar surface area (TPSA) is 59.1 Å². The number of hydrogen-bond donors (Lipinski definition) is 1. The lowest BCUT2D eigenvalue weighted by Crippen LogP contribution is -2.24. The summed E-state index contributed by atoms with van der Waals surface area (Å²) in [5.74, 6) is -0.377. The first kappa shape index (κ1) is 11.4. The quantitative estimate of drug-likeness (QED) is 0.747. The molecule has 0 unspecified atom stereocenters. The zero-order chi connectivity index (χ0) is 11.3. The lowest BCUT2D eigenvalue weighted by atomic mass is 10.2. The van der Waals surface area contributed by atoms with Crippen LogP contribution in [0.15, 0.2) is 18.3 Å². The van der Waals surface area contributed by atoms with Crippen LogP contribution >= 0.6 is 0 Å². The van der Waals surface area contributed by atoms with Crippen molar-refractivity contribution in [3.63, 3.8) is 0 Å². The number of Topliss-reactive ketones (excluding diaryl/α,β-unsaturated/α-hetero) is 1. The van der Waals surface area contributed by atoms with E-state index in [-0.39, 0.29) is 18.1 Å². The molecule has 0 aliphatic rings. The molecule has 1 N–H and O–H groups in total. The first-order valence-corrected chi connectivity index (χ1v) is 4.75. The third-order valence-corrected chi connectivity index (χ3v) is 1.87. The third kappa shape index (κ3) is 4.35. The predicted octanol–water partition coefficient (Wildman–Crippen LogP) is 0.985. The SMILES string of the molecule is CC(=O)CC(=O)NCc1ccc(C)nc1. The van der Waals surface area contributed by atoms with Gasteiger partial charge in [-0.15, -0.1) is 0 Å². The first-order valence-electron chi connectivity index (χ1n) is 4.75. The van der Waals surface area contributed by atoms with E-state index in [9.17, 15) is 9.59 Å². The van der Waals surface area contributed by atoms with Crippen molar-refractivity contribution in [1.29, 1.82) is 0 Å². The molecule has 4 heteroatoms. The summed E-state index contributed by atoms with van der Waals surface area (Å²) in [6.07, 6.45) is 1.66. The normalized spacial score (nSPS) is 9.73. The highest BCUT2D eigenvalue weighted by molar-refractivity contribution is 5.96. The van der Waals surface area contributed by atoms with E-state index in [4.69, 9.17) is 0 Å². The van der Waals surface area contributed by atoms with Crippen LogP contribution in [-0.4, -0.2) is 16.7 Å².